The first-order valence-electron chi connectivity index (χ1n) is 3.97. The van der Waals surface area contributed by atoms with Crippen LogP contribution < -0.4 is 0 Å². The maximum atomic E-state index is 11.1. The van der Waals surface area contributed by atoms with Gasteiger partial charge in [0.2, 0.25) is 0 Å². The van der Waals surface area contributed by atoms with E-state index in [1.54, 1.807) is 13.8 Å². The average Bonchev–Trinajstić information content (AvgIpc) is 2.02. The lowest BCUT2D eigenvalue weighted by atomic mass is 10.3. The predicted octanol–water partition coefficient (Wildman–Crippen LogP) is 1.26. The summed E-state index contributed by atoms with van der Waals surface area (Å²) >= 11 is 3.09. The Hall–Kier alpha value is -0.580. The zero-order valence-corrected chi connectivity index (χ0v) is 9.46. The molecule has 0 bridgehead atoms. The Bertz CT molecular complexity index is 193. The van der Waals surface area contributed by atoms with E-state index in [2.05, 4.69) is 15.9 Å². The Balaban J connectivity index is 4.00. The molecule has 0 amide bonds. The second kappa shape index (κ2) is 5.96. The summed E-state index contributed by atoms with van der Waals surface area (Å²) in [4.78, 5) is 21.0. The highest BCUT2D eigenvalue weighted by Gasteiger charge is 2.25. The number of hydrogen-bond donors (Lipinski definition) is 0. The Labute approximate surface area is 85.7 Å². The summed E-state index contributed by atoms with van der Waals surface area (Å²) in [6.45, 7) is 4.95. The molecule has 0 saturated heterocycles. The molecule has 0 N–H and O–H groups in total. The maximum Gasteiger partial charge on any atom is 0.323 e. The van der Waals surface area contributed by atoms with Crippen molar-refractivity contribution >= 4 is 27.9 Å². The van der Waals surface area contributed by atoms with Crippen molar-refractivity contribution in [2.24, 2.45) is 0 Å². The van der Waals surface area contributed by atoms with Gasteiger partial charge >= 0.3 is 11.9 Å². The standard InChI is InChI=1S/C8H13BrO4/c1-4-12-8(11)7(9)5(2)13-6(3)10/h5,7H,4H2,1-3H3. The van der Waals surface area contributed by atoms with Crippen molar-refractivity contribution in [3.63, 3.8) is 0 Å². The van der Waals surface area contributed by atoms with E-state index in [-0.39, 0.29) is 0 Å². The first-order chi connectivity index (χ1) is 5.99. The molecule has 0 aromatic heterocycles. The van der Waals surface area contributed by atoms with Gasteiger partial charge in [0.1, 0.15) is 10.9 Å². The minimum absolute atomic E-state index is 0.313. The molecule has 5 heteroatoms. The van der Waals surface area contributed by atoms with Crippen molar-refractivity contribution in [3.8, 4) is 0 Å². The van der Waals surface area contributed by atoms with E-state index in [9.17, 15) is 9.59 Å². The third-order valence-corrected chi connectivity index (χ3v) is 2.39. The van der Waals surface area contributed by atoms with Crippen molar-refractivity contribution in [1.82, 2.24) is 0 Å². The second-order valence-corrected chi connectivity index (χ2v) is 3.45. The third-order valence-electron chi connectivity index (χ3n) is 1.28. The summed E-state index contributed by atoms with van der Waals surface area (Å²) in [6.07, 6.45) is -0.517. The lowest BCUT2D eigenvalue weighted by molar-refractivity contribution is -0.151. The van der Waals surface area contributed by atoms with Crippen LogP contribution in [0.15, 0.2) is 0 Å². The third kappa shape index (κ3) is 4.87. The Morgan fingerprint density at radius 3 is 2.38 bits per heavy atom. The lowest BCUT2D eigenvalue weighted by Gasteiger charge is -2.16. The van der Waals surface area contributed by atoms with Crippen LogP contribution in [0.25, 0.3) is 0 Å². The van der Waals surface area contributed by atoms with E-state index in [1.165, 1.54) is 6.92 Å². The fourth-order valence-corrected chi connectivity index (χ4v) is 0.975. The first kappa shape index (κ1) is 12.4. The molecule has 2 atom stereocenters. The molecule has 0 aromatic carbocycles. The number of carbonyl (C=O) groups is 2. The van der Waals surface area contributed by atoms with E-state index in [1.807, 2.05) is 0 Å². The van der Waals surface area contributed by atoms with Crippen LogP contribution in [0.4, 0.5) is 0 Å². The maximum absolute atomic E-state index is 11.1. The number of ether oxygens (including phenoxy) is 2. The molecule has 0 spiro atoms. The van der Waals surface area contributed by atoms with Crippen LogP contribution >= 0.6 is 15.9 Å². The molecular formula is C8H13BrO4. The number of rotatable bonds is 4. The fraction of sp³-hybridized carbons (Fsp3) is 0.750. The smallest absolute Gasteiger partial charge is 0.323 e. The van der Waals surface area contributed by atoms with Crippen LogP contribution in [0.5, 0.6) is 0 Å². The molecule has 0 heterocycles. The first-order valence-corrected chi connectivity index (χ1v) is 4.88. The molecule has 76 valence electrons. The Morgan fingerprint density at radius 2 is 2.00 bits per heavy atom. The SMILES string of the molecule is CCOC(=O)C(Br)C(C)OC(C)=O. The van der Waals surface area contributed by atoms with Crippen LogP contribution in [0, 0.1) is 0 Å². The Morgan fingerprint density at radius 1 is 1.46 bits per heavy atom. The molecule has 0 aliphatic heterocycles. The minimum atomic E-state index is -0.601. The summed E-state index contributed by atoms with van der Waals surface area (Å²) in [7, 11) is 0. The van der Waals surface area contributed by atoms with E-state index >= 15 is 0 Å². The molecule has 13 heavy (non-hydrogen) atoms. The normalized spacial score (nSPS) is 14.5. The minimum Gasteiger partial charge on any atom is -0.465 e. The van der Waals surface area contributed by atoms with Crippen LogP contribution in [0.3, 0.4) is 0 Å². The number of halogens is 1. The summed E-state index contributed by atoms with van der Waals surface area (Å²) in [6, 6.07) is 0. The summed E-state index contributed by atoms with van der Waals surface area (Å²) in [5, 5.41) is 0. The molecule has 0 aliphatic rings. The van der Waals surface area contributed by atoms with Crippen LogP contribution in [0.1, 0.15) is 20.8 Å². The van der Waals surface area contributed by atoms with Gasteiger partial charge in [0.25, 0.3) is 0 Å². The predicted molar refractivity (Wildman–Crippen MR) is 50.6 cm³/mol. The van der Waals surface area contributed by atoms with Gasteiger partial charge in [-0.3, -0.25) is 9.59 Å². The van der Waals surface area contributed by atoms with Crippen LogP contribution in [-0.2, 0) is 19.1 Å². The van der Waals surface area contributed by atoms with Crippen molar-refractivity contribution in [3.05, 3.63) is 0 Å². The quantitative estimate of drug-likeness (QED) is 0.559. The van der Waals surface area contributed by atoms with Gasteiger partial charge in [-0.15, -0.1) is 0 Å². The van der Waals surface area contributed by atoms with Crippen LogP contribution in [-0.4, -0.2) is 29.5 Å². The van der Waals surface area contributed by atoms with Crippen molar-refractivity contribution in [2.45, 2.75) is 31.7 Å². The number of alkyl halides is 1. The van der Waals surface area contributed by atoms with Crippen molar-refractivity contribution in [1.29, 1.82) is 0 Å². The summed E-state index contributed by atoms with van der Waals surface area (Å²) in [5.41, 5.74) is 0. The van der Waals surface area contributed by atoms with Gasteiger partial charge in [0.15, 0.2) is 0 Å². The molecule has 0 saturated carbocycles. The summed E-state index contributed by atoms with van der Waals surface area (Å²) < 4.78 is 9.52. The number of carbonyl (C=O) groups excluding carboxylic acids is 2. The van der Waals surface area contributed by atoms with Crippen molar-refractivity contribution < 1.29 is 19.1 Å². The average molecular weight is 253 g/mol. The second-order valence-electron chi connectivity index (χ2n) is 2.47. The van der Waals surface area contributed by atoms with Gasteiger partial charge in [-0.25, -0.2) is 0 Å². The van der Waals surface area contributed by atoms with Crippen molar-refractivity contribution in [2.75, 3.05) is 6.61 Å². The number of esters is 2. The molecule has 0 rings (SSSR count). The molecule has 0 aromatic rings. The highest BCUT2D eigenvalue weighted by atomic mass is 79.9. The van der Waals surface area contributed by atoms with Gasteiger partial charge < -0.3 is 9.47 Å². The highest BCUT2D eigenvalue weighted by Crippen LogP contribution is 2.11. The van der Waals surface area contributed by atoms with E-state index in [0.29, 0.717) is 6.61 Å². The zero-order chi connectivity index (χ0) is 10.4. The molecular weight excluding hydrogens is 240 g/mol. The number of hydrogen-bond acceptors (Lipinski definition) is 4. The van der Waals surface area contributed by atoms with Gasteiger partial charge in [-0.1, -0.05) is 15.9 Å². The Kier molecular flexibility index (Phi) is 5.70. The monoisotopic (exact) mass is 252 g/mol. The van der Waals surface area contributed by atoms with E-state index < -0.39 is 22.9 Å². The molecule has 0 aliphatic carbocycles. The summed E-state index contributed by atoms with van der Waals surface area (Å²) in [5.74, 6) is -0.836. The zero-order valence-electron chi connectivity index (χ0n) is 7.87. The topological polar surface area (TPSA) is 52.6 Å². The fourth-order valence-electron chi connectivity index (χ4n) is 0.735. The lowest BCUT2D eigenvalue weighted by Crippen LogP contribution is -2.31. The molecule has 4 nitrogen and oxygen atoms in total. The molecule has 0 radical (unpaired) electrons. The highest BCUT2D eigenvalue weighted by molar-refractivity contribution is 9.10. The van der Waals surface area contributed by atoms with E-state index in [4.69, 9.17) is 9.47 Å². The van der Waals surface area contributed by atoms with Gasteiger partial charge in [0.05, 0.1) is 6.61 Å². The van der Waals surface area contributed by atoms with Crippen LogP contribution in [0.2, 0.25) is 0 Å². The largest absolute Gasteiger partial charge is 0.465 e. The van der Waals surface area contributed by atoms with E-state index in [0.717, 1.165) is 0 Å². The van der Waals surface area contributed by atoms with Gasteiger partial charge in [0, 0.05) is 6.92 Å². The molecule has 0 fully saturated rings. The van der Waals surface area contributed by atoms with Gasteiger partial charge in [-0.05, 0) is 13.8 Å². The van der Waals surface area contributed by atoms with Gasteiger partial charge in [-0.2, -0.15) is 0 Å². The molecule has 2 unspecified atom stereocenters.